The zero-order chi connectivity index (χ0) is 19.7. The van der Waals surface area contributed by atoms with E-state index >= 15 is 0 Å². The number of carbonyl (C=O) groups excluding carboxylic acids is 2. The van der Waals surface area contributed by atoms with Crippen LogP contribution in [0.4, 0.5) is 19.6 Å². The molecule has 0 bridgehead atoms. The highest BCUT2D eigenvalue weighted by molar-refractivity contribution is 7.14. The first-order valence-electron chi connectivity index (χ1n) is 8.23. The second-order valence-corrected chi connectivity index (χ2v) is 6.85. The number of thiazole rings is 1. The molecule has 2 amide bonds. The van der Waals surface area contributed by atoms with Crippen LogP contribution in [-0.2, 0) is 11.2 Å². The van der Waals surface area contributed by atoms with Gasteiger partial charge in [-0.1, -0.05) is 6.07 Å². The SMILES string of the molecule is O=C1Cc2cc(-c3csc(NC(=O)c4ccc(OC(F)F)cc4)n3)ccc2N1. The zero-order valence-corrected chi connectivity index (χ0v) is 15.1. The molecule has 0 aliphatic carbocycles. The summed E-state index contributed by atoms with van der Waals surface area (Å²) in [7, 11) is 0. The van der Waals surface area contributed by atoms with Crippen molar-refractivity contribution in [1.82, 2.24) is 4.98 Å². The predicted molar refractivity (Wildman–Crippen MR) is 101 cm³/mol. The molecule has 3 aromatic rings. The van der Waals surface area contributed by atoms with E-state index in [9.17, 15) is 18.4 Å². The average molecular weight is 401 g/mol. The molecule has 142 valence electrons. The Morgan fingerprint density at radius 1 is 1.21 bits per heavy atom. The highest BCUT2D eigenvalue weighted by Gasteiger charge is 2.18. The molecule has 0 saturated carbocycles. The van der Waals surface area contributed by atoms with E-state index in [1.807, 2.05) is 18.2 Å². The summed E-state index contributed by atoms with van der Waals surface area (Å²) in [6.07, 6.45) is 0.335. The number of nitrogens with one attached hydrogen (secondary N) is 2. The number of alkyl halides is 2. The van der Waals surface area contributed by atoms with Gasteiger partial charge in [0.1, 0.15) is 5.75 Å². The van der Waals surface area contributed by atoms with Crippen LogP contribution in [0.5, 0.6) is 5.75 Å². The monoisotopic (exact) mass is 401 g/mol. The summed E-state index contributed by atoms with van der Waals surface area (Å²) in [5.41, 5.74) is 3.54. The lowest BCUT2D eigenvalue weighted by Gasteiger charge is -2.05. The molecule has 0 unspecified atom stereocenters. The molecular weight excluding hydrogens is 388 g/mol. The molecule has 28 heavy (non-hydrogen) atoms. The Kier molecular flexibility index (Phi) is 4.74. The molecule has 6 nitrogen and oxygen atoms in total. The fourth-order valence-electron chi connectivity index (χ4n) is 2.81. The zero-order valence-electron chi connectivity index (χ0n) is 14.2. The second-order valence-electron chi connectivity index (χ2n) is 5.99. The maximum absolute atomic E-state index is 12.3. The van der Waals surface area contributed by atoms with E-state index in [4.69, 9.17) is 0 Å². The van der Waals surface area contributed by atoms with Gasteiger partial charge in [-0.15, -0.1) is 11.3 Å². The molecule has 9 heteroatoms. The van der Waals surface area contributed by atoms with E-state index < -0.39 is 12.5 Å². The van der Waals surface area contributed by atoms with E-state index in [0.717, 1.165) is 16.8 Å². The Morgan fingerprint density at radius 3 is 2.75 bits per heavy atom. The number of rotatable bonds is 5. The number of amides is 2. The van der Waals surface area contributed by atoms with Crippen LogP contribution in [0.3, 0.4) is 0 Å². The van der Waals surface area contributed by atoms with Gasteiger partial charge < -0.3 is 10.1 Å². The van der Waals surface area contributed by atoms with Crippen molar-refractivity contribution in [2.45, 2.75) is 13.0 Å². The Morgan fingerprint density at radius 2 is 2.00 bits per heavy atom. The number of ether oxygens (including phenoxy) is 1. The van der Waals surface area contributed by atoms with E-state index in [1.165, 1.54) is 35.6 Å². The van der Waals surface area contributed by atoms with Crippen molar-refractivity contribution < 1.29 is 23.1 Å². The van der Waals surface area contributed by atoms with Gasteiger partial charge in [-0.05, 0) is 42.0 Å². The average Bonchev–Trinajstić information content (AvgIpc) is 3.26. The van der Waals surface area contributed by atoms with Crippen molar-refractivity contribution in [2.24, 2.45) is 0 Å². The molecule has 0 radical (unpaired) electrons. The summed E-state index contributed by atoms with van der Waals surface area (Å²) in [6, 6.07) is 11.0. The van der Waals surface area contributed by atoms with Crippen molar-refractivity contribution in [1.29, 1.82) is 0 Å². The van der Waals surface area contributed by atoms with Crippen molar-refractivity contribution in [3.63, 3.8) is 0 Å². The van der Waals surface area contributed by atoms with Gasteiger partial charge >= 0.3 is 6.61 Å². The van der Waals surface area contributed by atoms with Gasteiger partial charge in [0.05, 0.1) is 12.1 Å². The van der Waals surface area contributed by atoms with Gasteiger partial charge in [0.25, 0.3) is 5.91 Å². The number of nitrogens with zero attached hydrogens (tertiary/aromatic N) is 1. The molecule has 2 N–H and O–H groups in total. The first-order valence-corrected chi connectivity index (χ1v) is 9.11. The Labute approximate surface area is 162 Å². The molecule has 2 heterocycles. The van der Waals surface area contributed by atoms with Crippen molar-refractivity contribution in [3.8, 4) is 17.0 Å². The van der Waals surface area contributed by atoms with Crippen molar-refractivity contribution in [2.75, 3.05) is 10.6 Å². The maximum atomic E-state index is 12.3. The van der Waals surface area contributed by atoms with Crippen LogP contribution in [0.2, 0.25) is 0 Å². The van der Waals surface area contributed by atoms with Crippen molar-refractivity contribution in [3.05, 3.63) is 59.0 Å². The van der Waals surface area contributed by atoms with E-state index in [-0.39, 0.29) is 11.7 Å². The molecule has 0 fully saturated rings. The Bertz CT molecular complexity index is 1050. The van der Waals surface area contributed by atoms with Crippen LogP contribution in [-0.4, -0.2) is 23.4 Å². The van der Waals surface area contributed by atoms with Crippen LogP contribution >= 0.6 is 11.3 Å². The maximum Gasteiger partial charge on any atom is 0.387 e. The third-order valence-electron chi connectivity index (χ3n) is 4.09. The number of anilines is 2. The summed E-state index contributed by atoms with van der Waals surface area (Å²) in [5, 5.41) is 7.67. The van der Waals surface area contributed by atoms with Crippen LogP contribution in [0.25, 0.3) is 11.3 Å². The van der Waals surface area contributed by atoms with Gasteiger partial charge in [-0.2, -0.15) is 8.78 Å². The lowest BCUT2D eigenvalue weighted by Crippen LogP contribution is -2.11. The molecule has 0 spiro atoms. The first-order chi connectivity index (χ1) is 13.5. The molecule has 1 aliphatic rings. The van der Waals surface area contributed by atoms with E-state index in [1.54, 1.807) is 5.38 Å². The summed E-state index contributed by atoms with van der Waals surface area (Å²) in [5.74, 6) is -0.468. The Hall–Kier alpha value is -3.33. The largest absolute Gasteiger partial charge is 0.435 e. The molecule has 4 rings (SSSR count). The van der Waals surface area contributed by atoms with Gasteiger partial charge in [0.15, 0.2) is 5.13 Å². The minimum Gasteiger partial charge on any atom is -0.435 e. The fraction of sp³-hybridized carbons (Fsp3) is 0.105. The highest BCUT2D eigenvalue weighted by atomic mass is 32.1. The van der Waals surface area contributed by atoms with Crippen LogP contribution in [0.15, 0.2) is 47.8 Å². The second kappa shape index (κ2) is 7.35. The van der Waals surface area contributed by atoms with E-state index in [0.29, 0.717) is 22.8 Å². The van der Waals surface area contributed by atoms with Gasteiger partial charge in [0, 0.05) is 22.2 Å². The summed E-state index contributed by atoms with van der Waals surface area (Å²) in [6.45, 7) is -2.92. The summed E-state index contributed by atoms with van der Waals surface area (Å²) < 4.78 is 28.6. The fourth-order valence-corrected chi connectivity index (χ4v) is 3.52. The molecule has 1 aromatic heterocycles. The number of halogens is 2. The summed E-state index contributed by atoms with van der Waals surface area (Å²) in [4.78, 5) is 28.2. The Balaban J connectivity index is 1.45. The molecule has 2 aromatic carbocycles. The lowest BCUT2D eigenvalue weighted by atomic mass is 10.1. The van der Waals surface area contributed by atoms with Gasteiger partial charge in [0.2, 0.25) is 5.91 Å². The molecular formula is C19H13F2N3O3S. The number of carbonyl (C=O) groups is 2. The normalized spacial score (nSPS) is 12.6. The van der Waals surface area contributed by atoms with Crippen molar-refractivity contribution >= 4 is 34.0 Å². The van der Waals surface area contributed by atoms with Crippen LogP contribution < -0.4 is 15.4 Å². The number of aromatic nitrogens is 1. The molecule has 0 atom stereocenters. The number of hydrogen-bond donors (Lipinski definition) is 2. The van der Waals surface area contributed by atoms with Crippen LogP contribution in [0.1, 0.15) is 15.9 Å². The van der Waals surface area contributed by atoms with Gasteiger partial charge in [-0.25, -0.2) is 4.98 Å². The minimum atomic E-state index is -2.92. The number of fused-ring (bicyclic) bond motifs is 1. The summed E-state index contributed by atoms with van der Waals surface area (Å²) >= 11 is 1.26. The van der Waals surface area contributed by atoms with Crippen LogP contribution in [0, 0.1) is 0 Å². The van der Waals surface area contributed by atoms with E-state index in [2.05, 4.69) is 20.4 Å². The standard InChI is InChI=1S/C19H13F2N3O3S/c20-18(21)27-13-4-1-10(2-5-13)17(26)24-19-23-15(9-28-19)11-3-6-14-12(7-11)8-16(25)22-14/h1-7,9,18H,8H2,(H,22,25)(H,23,24,26). The quantitative estimate of drug-likeness (QED) is 0.673. The van der Waals surface area contributed by atoms with Gasteiger partial charge in [-0.3, -0.25) is 14.9 Å². The smallest absolute Gasteiger partial charge is 0.387 e. The lowest BCUT2D eigenvalue weighted by molar-refractivity contribution is -0.115. The number of hydrogen-bond acceptors (Lipinski definition) is 5. The third-order valence-corrected chi connectivity index (χ3v) is 4.85. The molecule has 0 saturated heterocycles. The molecule has 1 aliphatic heterocycles. The number of benzene rings is 2. The highest BCUT2D eigenvalue weighted by Crippen LogP contribution is 2.31. The minimum absolute atomic E-state index is 0.0207. The predicted octanol–water partition coefficient (Wildman–Crippen LogP) is 4.16. The third kappa shape index (κ3) is 3.84. The topological polar surface area (TPSA) is 80.3 Å². The first kappa shape index (κ1) is 18.1.